The summed E-state index contributed by atoms with van der Waals surface area (Å²) in [5.41, 5.74) is 3.48. The summed E-state index contributed by atoms with van der Waals surface area (Å²) in [6.45, 7) is 3.80. The van der Waals surface area contributed by atoms with Gasteiger partial charge < -0.3 is 0 Å². The quantitative estimate of drug-likeness (QED) is 0.340. The van der Waals surface area contributed by atoms with Crippen LogP contribution in [0.2, 0.25) is 0 Å². The Morgan fingerprint density at radius 1 is 0.909 bits per heavy atom. The van der Waals surface area contributed by atoms with E-state index in [4.69, 9.17) is 4.84 Å². The molecule has 0 saturated carbocycles. The summed E-state index contributed by atoms with van der Waals surface area (Å²) in [4.78, 5) is 45.1. The number of nitro benzene ring substituents is 1. The van der Waals surface area contributed by atoms with Crippen molar-refractivity contribution >= 4 is 28.9 Å². The van der Waals surface area contributed by atoms with Gasteiger partial charge in [0.2, 0.25) is 5.91 Å². The van der Waals surface area contributed by atoms with Gasteiger partial charge in [0.25, 0.3) is 11.6 Å². The number of non-ortho nitro benzene ring substituents is 1. The Balaban J connectivity index is 1.61. The summed E-state index contributed by atoms with van der Waals surface area (Å²) in [5, 5.41) is 12.8. The van der Waals surface area contributed by atoms with E-state index in [0.29, 0.717) is 11.4 Å². The largest absolute Gasteiger partial charge is 0.273 e. The number of nitrogens with zero attached hydrogens (tertiary/aromatic N) is 3. The van der Waals surface area contributed by atoms with E-state index in [0.717, 1.165) is 16.7 Å². The van der Waals surface area contributed by atoms with Crippen LogP contribution in [-0.2, 0) is 14.4 Å². The fourth-order valence-electron chi connectivity index (χ4n) is 4.54. The molecule has 0 unspecified atom stereocenters. The minimum Gasteiger partial charge on any atom is -0.273 e. The van der Waals surface area contributed by atoms with E-state index in [1.807, 2.05) is 50.2 Å². The molecular weight excluding hydrogens is 422 g/mol. The highest BCUT2D eigenvalue weighted by Crippen LogP contribution is 2.48. The molecule has 2 aliphatic heterocycles. The third-order valence-electron chi connectivity index (χ3n) is 6.19. The molecule has 0 aliphatic carbocycles. The number of hydroxylamine groups is 1. The van der Waals surface area contributed by atoms with Gasteiger partial charge in [-0.15, -0.1) is 0 Å². The van der Waals surface area contributed by atoms with Crippen molar-refractivity contribution in [3.63, 3.8) is 0 Å². The number of carbonyl (C=O) groups is 2. The van der Waals surface area contributed by atoms with Gasteiger partial charge in [0.15, 0.2) is 6.10 Å². The lowest BCUT2D eigenvalue weighted by Gasteiger charge is -2.29. The molecule has 3 atom stereocenters. The Labute approximate surface area is 190 Å². The first kappa shape index (κ1) is 20.8. The number of hydrogen-bond donors (Lipinski definition) is 0. The van der Waals surface area contributed by atoms with Crippen LogP contribution in [0.25, 0.3) is 0 Å². The molecule has 2 fully saturated rings. The molecule has 2 aliphatic rings. The zero-order valence-corrected chi connectivity index (χ0v) is 18.0. The first-order valence-electron chi connectivity index (χ1n) is 10.6. The number of imide groups is 1. The highest BCUT2D eigenvalue weighted by molar-refractivity contribution is 6.24. The number of fused-ring (bicyclic) bond motifs is 1. The number of benzene rings is 3. The average molecular weight is 443 g/mol. The summed E-state index contributed by atoms with van der Waals surface area (Å²) in [7, 11) is 0. The van der Waals surface area contributed by atoms with Crippen LogP contribution in [-0.4, -0.2) is 22.8 Å². The number of rotatable bonds is 4. The van der Waals surface area contributed by atoms with Gasteiger partial charge >= 0.3 is 0 Å². The molecule has 3 aromatic carbocycles. The normalized spacial score (nSPS) is 22.1. The zero-order valence-electron chi connectivity index (χ0n) is 18.0. The van der Waals surface area contributed by atoms with Crippen LogP contribution in [0.3, 0.4) is 0 Å². The highest BCUT2D eigenvalue weighted by atomic mass is 16.7. The Bertz CT molecular complexity index is 1270. The summed E-state index contributed by atoms with van der Waals surface area (Å²) in [6, 6.07) is 20.2. The molecule has 0 N–H and O–H groups in total. The van der Waals surface area contributed by atoms with E-state index >= 15 is 0 Å². The number of anilines is 2. The van der Waals surface area contributed by atoms with Crippen LogP contribution in [0, 0.1) is 29.9 Å². The Morgan fingerprint density at radius 2 is 1.64 bits per heavy atom. The Kier molecular flexibility index (Phi) is 4.94. The molecular formula is C25H21N3O5. The number of amides is 2. The summed E-state index contributed by atoms with van der Waals surface area (Å²) >= 11 is 0. The fraction of sp³-hybridized carbons (Fsp3) is 0.200. The van der Waals surface area contributed by atoms with E-state index in [1.165, 1.54) is 22.1 Å². The van der Waals surface area contributed by atoms with Gasteiger partial charge in [0.05, 0.1) is 22.3 Å². The molecule has 5 rings (SSSR count). The molecule has 2 heterocycles. The van der Waals surface area contributed by atoms with Crippen molar-refractivity contribution in [1.29, 1.82) is 0 Å². The second-order valence-electron chi connectivity index (χ2n) is 8.31. The van der Waals surface area contributed by atoms with Gasteiger partial charge in [-0.3, -0.25) is 24.5 Å². The van der Waals surface area contributed by atoms with Crippen LogP contribution in [0.1, 0.15) is 22.7 Å². The van der Waals surface area contributed by atoms with Gasteiger partial charge in [-0.1, -0.05) is 54.1 Å². The third kappa shape index (κ3) is 3.35. The highest BCUT2D eigenvalue weighted by Gasteiger charge is 2.60. The molecule has 2 saturated heterocycles. The molecule has 166 valence electrons. The van der Waals surface area contributed by atoms with Crippen molar-refractivity contribution < 1.29 is 19.3 Å². The summed E-state index contributed by atoms with van der Waals surface area (Å²) in [6.07, 6.45) is -1.03. The topological polar surface area (TPSA) is 93.0 Å². The number of carbonyl (C=O) groups excluding carboxylic acids is 2. The monoisotopic (exact) mass is 443 g/mol. The molecule has 0 spiro atoms. The number of para-hydroxylation sites is 1. The lowest BCUT2D eigenvalue weighted by molar-refractivity contribution is -0.384. The maximum atomic E-state index is 13.6. The maximum Gasteiger partial charge on any atom is 0.271 e. The van der Waals surface area contributed by atoms with E-state index in [9.17, 15) is 19.7 Å². The van der Waals surface area contributed by atoms with Crippen molar-refractivity contribution in [1.82, 2.24) is 0 Å². The zero-order chi connectivity index (χ0) is 23.3. The van der Waals surface area contributed by atoms with Gasteiger partial charge in [0, 0.05) is 12.1 Å². The minimum atomic E-state index is -1.03. The van der Waals surface area contributed by atoms with Crippen molar-refractivity contribution in [3.8, 4) is 0 Å². The predicted molar refractivity (Wildman–Crippen MR) is 122 cm³/mol. The predicted octanol–water partition coefficient (Wildman–Crippen LogP) is 4.26. The second kappa shape index (κ2) is 7.83. The molecule has 0 bridgehead atoms. The molecule has 2 amide bonds. The van der Waals surface area contributed by atoms with Crippen molar-refractivity contribution in [3.05, 3.63) is 99.6 Å². The molecule has 0 radical (unpaired) electrons. The van der Waals surface area contributed by atoms with Gasteiger partial charge in [-0.2, -0.15) is 0 Å². The van der Waals surface area contributed by atoms with Crippen molar-refractivity contribution in [2.45, 2.75) is 26.0 Å². The van der Waals surface area contributed by atoms with Gasteiger partial charge in [-0.25, -0.2) is 9.96 Å². The lowest BCUT2D eigenvalue weighted by atomic mass is 9.90. The molecule has 8 heteroatoms. The maximum absolute atomic E-state index is 13.6. The lowest BCUT2D eigenvalue weighted by Crippen LogP contribution is -2.37. The van der Waals surface area contributed by atoms with Crippen LogP contribution >= 0.6 is 0 Å². The summed E-state index contributed by atoms with van der Waals surface area (Å²) in [5.74, 6) is -1.58. The smallest absolute Gasteiger partial charge is 0.271 e. The number of hydrogen-bond acceptors (Lipinski definition) is 6. The molecule has 8 nitrogen and oxygen atoms in total. The molecule has 33 heavy (non-hydrogen) atoms. The van der Waals surface area contributed by atoms with Crippen LogP contribution < -0.4 is 9.96 Å². The van der Waals surface area contributed by atoms with Gasteiger partial charge in [-0.05, 0) is 37.1 Å². The van der Waals surface area contributed by atoms with Crippen LogP contribution in [0.4, 0.5) is 17.1 Å². The van der Waals surface area contributed by atoms with Crippen LogP contribution in [0.5, 0.6) is 0 Å². The van der Waals surface area contributed by atoms with Crippen molar-refractivity contribution in [2.75, 3.05) is 9.96 Å². The average Bonchev–Trinajstić information content (AvgIpc) is 3.31. The Hall–Kier alpha value is -4.04. The Morgan fingerprint density at radius 3 is 2.33 bits per heavy atom. The number of aryl methyl sites for hydroxylation is 2. The van der Waals surface area contributed by atoms with E-state index in [-0.39, 0.29) is 11.6 Å². The first-order valence-corrected chi connectivity index (χ1v) is 10.6. The van der Waals surface area contributed by atoms with Crippen molar-refractivity contribution in [2.24, 2.45) is 5.92 Å². The third-order valence-corrected chi connectivity index (χ3v) is 6.19. The van der Waals surface area contributed by atoms with Crippen LogP contribution in [0.15, 0.2) is 72.8 Å². The molecule has 0 aromatic heterocycles. The minimum absolute atomic E-state index is 0.102. The standard InChI is InChI=1S/C25H21N3O5/c1-15-10-12-17(13-11-15)22-21-23(33-27(22)18-7-5-8-19(14-18)28(31)32)25(30)26(24(21)29)20-9-4-3-6-16(20)2/h3-14,21-23H,1-2H3/t21-,22-,23-/m0/s1. The summed E-state index contributed by atoms with van der Waals surface area (Å²) < 4.78 is 0. The number of nitro groups is 1. The SMILES string of the molecule is Cc1ccc([C@H]2[C@@H]3C(=O)N(c4ccccc4C)C(=O)[C@H]3ON2c2cccc([N+](=O)[O-])c2)cc1. The van der Waals surface area contributed by atoms with E-state index in [2.05, 4.69) is 0 Å². The van der Waals surface area contributed by atoms with E-state index < -0.39 is 28.9 Å². The van der Waals surface area contributed by atoms with Gasteiger partial charge in [0.1, 0.15) is 5.92 Å². The first-order chi connectivity index (χ1) is 15.9. The fourth-order valence-corrected chi connectivity index (χ4v) is 4.54. The second-order valence-corrected chi connectivity index (χ2v) is 8.31. The molecule has 3 aromatic rings. The van der Waals surface area contributed by atoms with E-state index in [1.54, 1.807) is 24.3 Å².